The Kier molecular flexibility index (Phi) is 4.15. The minimum absolute atomic E-state index is 0.0540. The molecule has 0 unspecified atom stereocenters. The molecule has 0 spiro atoms. The van der Waals surface area contributed by atoms with Gasteiger partial charge in [-0.15, -0.1) is 0 Å². The molecule has 1 heterocycles. The van der Waals surface area contributed by atoms with Crippen molar-refractivity contribution in [1.29, 1.82) is 0 Å². The Balaban J connectivity index is 2.12. The van der Waals surface area contributed by atoms with Crippen molar-refractivity contribution in [2.24, 2.45) is 0 Å². The molecule has 0 atom stereocenters. The van der Waals surface area contributed by atoms with Crippen LogP contribution < -0.4 is 10.1 Å². The highest BCUT2D eigenvalue weighted by Gasteiger charge is 2.26. The monoisotopic (exact) mass is 324 g/mol. The molecule has 0 fully saturated rings. The molecule has 0 bridgehead atoms. The fourth-order valence-corrected chi connectivity index (χ4v) is 2.44. The van der Waals surface area contributed by atoms with E-state index in [2.05, 4.69) is 10.4 Å². The Hall–Kier alpha value is -3.35. The molecule has 1 N–H and O–H groups in total. The van der Waals surface area contributed by atoms with Crippen molar-refractivity contribution in [2.45, 2.75) is 6.92 Å². The summed E-state index contributed by atoms with van der Waals surface area (Å²) < 4.78 is 6.73. The highest BCUT2D eigenvalue weighted by Crippen LogP contribution is 2.33. The van der Waals surface area contributed by atoms with Gasteiger partial charge in [0.1, 0.15) is 11.4 Å². The summed E-state index contributed by atoms with van der Waals surface area (Å²) in [6.45, 7) is 1.62. The molecule has 0 saturated heterocycles. The second kappa shape index (κ2) is 6.41. The third-order valence-corrected chi connectivity index (χ3v) is 3.54. The largest absolute Gasteiger partial charge is 0.497 e. The summed E-state index contributed by atoms with van der Waals surface area (Å²) in [4.78, 5) is 11.1. The molecule has 122 valence electrons. The predicted octanol–water partition coefficient (Wildman–Crippen LogP) is 3.84. The zero-order valence-corrected chi connectivity index (χ0v) is 13.3. The zero-order chi connectivity index (χ0) is 17.1. The van der Waals surface area contributed by atoms with E-state index < -0.39 is 4.92 Å². The van der Waals surface area contributed by atoms with Gasteiger partial charge in [0.05, 0.1) is 17.7 Å². The highest BCUT2D eigenvalue weighted by molar-refractivity contribution is 5.70. The summed E-state index contributed by atoms with van der Waals surface area (Å²) in [5.74, 6) is 0.960. The fraction of sp³-hybridized carbons (Fsp3) is 0.118. The summed E-state index contributed by atoms with van der Waals surface area (Å²) in [6.07, 6.45) is 0. The van der Waals surface area contributed by atoms with E-state index >= 15 is 0 Å². The van der Waals surface area contributed by atoms with Crippen LogP contribution in [-0.2, 0) is 0 Å². The number of benzene rings is 2. The van der Waals surface area contributed by atoms with Gasteiger partial charge in [0.2, 0.25) is 5.82 Å². The molecule has 0 aliphatic heterocycles. The zero-order valence-electron chi connectivity index (χ0n) is 13.3. The summed E-state index contributed by atoms with van der Waals surface area (Å²) >= 11 is 0. The van der Waals surface area contributed by atoms with Crippen LogP contribution in [-0.4, -0.2) is 21.8 Å². The van der Waals surface area contributed by atoms with Gasteiger partial charge in [0.25, 0.3) is 0 Å². The van der Waals surface area contributed by atoms with Gasteiger partial charge in [-0.1, -0.05) is 24.3 Å². The Morgan fingerprint density at radius 2 is 1.92 bits per heavy atom. The lowest BCUT2D eigenvalue weighted by atomic mass is 10.3. The number of ether oxygens (including phenoxy) is 1. The maximum atomic E-state index is 11.5. The van der Waals surface area contributed by atoms with Gasteiger partial charge in [-0.2, -0.15) is 5.10 Å². The molecule has 0 aliphatic rings. The first-order valence-corrected chi connectivity index (χ1v) is 7.30. The predicted molar refractivity (Wildman–Crippen MR) is 91.2 cm³/mol. The molecule has 3 rings (SSSR count). The lowest BCUT2D eigenvalue weighted by molar-refractivity contribution is -0.384. The fourth-order valence-electron chi connectivity index (χ4n) is 2.44. The van der Waals surface area contributed by atoms with E-state index in [9.17, 15) is 10.1 Å². The molecule has 0 aliphatic carbocycles. The van der Waals surface area contributed by atoms with Crippen molar-refractivity contribution in [3.63, 3.8) is 0 Å². The highest BCUT2D eigenvalue weighted by atomic mass is 16.6. The molecule has 7 nitrogen and oxygen atoms in total. The minimum Gasteiger partial charge on any atom is -0.497 e. The topological polar surface area (TPSA) is 82.2 Å². The van der Waals surface area contributed by atoms with Gasteiger partial charge >= 0.3 is 5.69 Å². The molecule has 2 aromatic carbocycles. The van der Waals surface area contributed by atoms with Crippen molar-refractivity contribution < 1.29 is 9.66 Å². The van der Waals surface area contributed by atoms with E-state index in [1.165, 1.54) is 4.68 Å². The molecule has 1 aromatic heterocycles. The summed E-state index contributed by atoms with van der Waals surface area (Å²) in [6, 6.07) is 16.5. The van der Waals surface area contributed by atoms with E-state index in [-0.39, 0.29) is 5.69 Å². The Morgan fingerprint density at radius 1 is 1.17 bits per heavy atom. The van der Waals surface area contributed by atoms with Gasteiger partial charge in [-0.05, 0) is 31.2 Å². The molecule has 3 aromatic rings. The van der Waals surface area contributed by atoms with Gasteiger partial charge in [-0.25, -0.2) is 4.68 Å². The van der Waals surface area contributed by atoms with Crippen LogP contribution in [0.5, 0.6) is 5.75 Å². The summed E-state index contributed by atoms with van der Waals surface area (Å²) in [5, 5.41) is 18.9. The molecular weight excluding hydrogens is 308 g/mol. The minimum atomic E-state index is -0.426. The number of aromatic nitrogens is 2. The number of hydrogen-bond acceptors (Lipinski definition) is 5. The molecule has 0 amide bonds. The quantitative estimate of drug-likeness (QED) is 0.569. The normalized spacial score (nSPS) is 10.4. The van der Waals surface area contributed by atoms with Crippen LogP contribution in [0, 0.1) is 17.0 Å². The summed E-state index contributed by atoms with van der Waals surface area (Å²) in [5.41, 5.74) is 1.70. The number of nitro groups is 1. The molecule has 24 heavy (non-hydrogen) atoms. The lowest BCUT2D eigenvalue weighted by Crippen LogP contribution is -2.04. The average Bonchev–Trinajstić information content (AvgIpc) is 2.92. The van der Waals surface area contributed by atoms with Crippen LogP contribution >= 0.6 is 0 Å². The second-order valence-electron chi connectivity index (χ2n) is 5.14. The van der Waals surface area contributed by atoms with Gasteiger partial charge < -0.3 is 10.1 Å². The van der Waals surface area contributed by atoms with Crippen LogP contribution in [0.1, 0.15) is 5.69 Å². The maximum absolute atomic E-state index is 11.5. The number of anilines is 2. The second-order valence-corrected chi connectivity index (χ2v) is 5.14. The number of nitrogens with one attached hydrogen (secondary N) is 1. The van der Waals surface area contributed by atoms with Crippen molar-refractivity contribution in [3.8, 4) is 11.4 Å². The number of aryl methyl sites for hydroxylation is 1. The van der Waals surface area contributed by atoms with Crippen molar-refractivity contribution >= 4 is 17.2 Å². The molecule has 0 radical (unpaired) electrons. The Morgan fingerprint density at radius 3 is 2.58 bits per heavy atom. The van der Waals surface area contributed by atoms with E-state index in [0.717, 1.165) is 5.69 Å². The molecular formula is C17H16N4O3. The Labute approximate surface area is 138 Å². The SMILES string of the molecule is COc1cccc(Nc2c([N+](=O)[O-])c(C)nn2-c2ccccc2)c1. The lowest BCUT2D eigenvalue weighted by Gasteiger charge is -2.10. The Bertz CT molecular complexity index is 875. The van der Waals surface area contributed by atoms with E-state index in [1.54, 1.807) is 26.2 Å². The van der Waals surface area contributed by atoms with Gasteiger partial charge in [0, 0.05) is 11.8 Å². The van der Waals surface area contributed by atoms with Crippen molar-refractivity contribution in [1.82, 2.24) is 9.78 Å². The number of nitrogens with zero attached hydrogens (tertiary/aromatic N) is 3. The van der Waals surface area contributed by atoms with E-state index in [0.29, 0.717) is 22.9 Å². The average molecular weight is 324 g/mol. The number of methoxy groups -OCH3 is 1. The first kappa shape index (κ1) is 15.5. The number of hydrogen-bond donors (Lipinski definition) is 1. The van der Waals surface area contributed by atoms with Crippen molar-refractivity contribution in [2.75, 3.05) is 12.4 Å². The first-order valence-electron chi connectivity index (χ1n) is 7.30. The summed E-state index contributed by atoms with van der Waals surface area (Å²) in [7, 11) is 1.57. The van der Waals surface area contributed by atoms with Gasteiger partial charge in [-0.3, -0.25) is 10.1 Å². The van der Waals surface area contributed by atoms with Crippen LogP contribution in [0.2, 0.25) is 0 Å². The van der Waals surface area contributed by atoms with Gasteiger partial charge in [0.15, 0.2) is 0 Å². The standard InChI is InChI=1S/C17H16N4O3/c1-12-16(21(22)23)17(18-13-7-6-10-15(11-13)24-2)20(19-12)14-8-4-3-5-9-14/h3-11,18H,1-2H3. The molecule has 0 saturated carbocycles. The molecule has 7 heteroatoms. The van der Waals surface area contributed by atoms with Crippen LogP contribution in [0.4, 0.5) is 17.2 Å². The van der Waals surface area contributed by atoms with E-state index in [1.807, 2.05) is 42.5 Å². The maximum Gasteiger partial charge on any atom is 0.334 e. The van der Waals surface area contributed by atoms with Crippen LogP contribution in [0.25, 0.3) is 5.69 Å². The number of para-hydroxylation sites is 1. The van der Waals surface area contributed by atoms with E-state index in [4.69, 9.17) is 4.74 Å². The van der Waals surface area contributed by atoms with Crippen LogP contribution in [0.3, 0.4) is 0 Å². The first-order chi connectivity index (χ1) is 11.6. The smallest absolute Gasteiger partial charge is 0.334 e. The third kappa shape index (κ3) is 2.91. The van der Waals surface area contributed by atoms with Crippen molar-refractivity contribution in [3.05, 3.63) is 70.4 Å². The number of rotatable bonds is 5. The van der Waals surface area contributed by atoms with Crippen LogP contribution in [0.15, 0.2) is 54.6 Å². The third-order valence-electron chi connectivity index (χ3n) is 3.54.